The maximum Gasteiger partial charge on any atom is 0.243 e. The number of carbonyl (C=O) groups excluding carboxylic acids is 3. The third kappa shape index (κ3) is 6.22. The summed E-state index contributed by atoms with van der Waals surface area (Å²) in [6.07, 6.45) is 0.0752. The Labute approximate surface area is 156 Å². The lowest BCUT2D eigenvalue weighted by Crippen LogP contribution is -2.47. The fourth-order valence-corrected chi connectivity index (χ4v) is 2.42. The minimum Gasteiger partial charge on any atom is -0.345 e. The van der Waals surface area contributed by atoms with Crippen LogP contribution in [0.15, 0.2) is 54.6 Å². The zero-order valence-corrected chi connectivity index (χ0v) is 15.0. The van der Waals surface area contributed by atoms with Crippen molar-refractivity contribution in [3.8, 4) is 0 Å². The minimum absolute atomic E-state index is 0.0752. The van der Waals surface area contributed by atoms with Gasteiger partial charge in [-0.3, -0.25) is 14.4 Å². The number of carbonyl (C=O) groups is 3. The lowest BCUT2D eigenvalue weighted by atomic mass is 10.1. The molecule has 0 saturated carbocycles. The van der Waals surface area contributed by atoms with E-state index in [1.54, 1.807) is 55.5 Å². The van der Waals surface area contributed by atoms with Crippen LogP contribution in [0.1, 0.15) is 12.5 Å². The van der Waals surface area contributed by atoms with Gasteiger partial charge in [0.2, 0.25) is 17.7 Å². The number of para-hydroxylation sites is 1. The molecule has 0 aliphatic carbocycles. The number of nitrogens with one attached hydrogen (secondary N) is 3. The molecule has 0 fully saturated rings. The standard InChI is InChI=1S/C19H20ClN3O3/c1-13(22-17(24)11-14-7-5-6-10-16(14)20)19(26)21-12-18(25)23-15-8-3-2-4-9-15/h2-10,13H,11-12H2,1H3,(H,21,26)(H,22,24)(H,23,25)/t13-/m0/s1. The summed E-state index contributed by atoms with van der Waals surface area (Å²) in [6.45, 7) is 1.37. The van der Waals surface area contributed by atoms with Crippen LogP contribution in [0.25, 0.3) is 0 Å². The first-order valence-corrected chi connectivity index (χ1v) is 8.49. The van der Waals surface area contributed by atoms with Gasteiger partial charge in [-0.1, -0.05) is 48.0 Å². The van der Waals surface area contributed by atoms with Crippen molar-refractivity contribution in [1.82, 2.24) is 10.6 Å². The molecular formula is C19H20ClN3O3. The van der Waals surface area contributed by atoms with E-state index in [0.29, 0.717) is 16.3 Å². The van der Waals surface area contributed by atoms with Crippen molar-refractivity contribution in [3.63, 3.8) is 0 Å². The van der Waals surface area contributed by atoms with Gasteiger partial charge in [-0.2, -0.15) is 0 Å². The number of hydrogen-bond acceptors (Lipinski definition) is 3. The SMILES string of the molecule is C[C@H](NC(=O)Cc1ccccc1Cl)C(=O)NCC(=O)Nc1ccccc1. The fraction of sp³-hybridized carbons (Fsp3) is 0.211. The van der Waals surface area contributed by atoms with Gasteiger partial charge >= 0.3 is 0 Å². The van der Waals surface area contributed by atoms with Gasteiger partial charge in [0.15, 0.2) is 0 Å². The third-order valence-corrected chi connectivity index (χ3v) is 3.93. The Hall–Kier alpha value is -2.86. The van der Waals surface area contributed by atoms with Crippen LogP contribution in [0.3, 0.4) is 0 Å². The van der Waals surface area contributed by atoms with Crippen LogP contribution in [0.2, 0.25) is 5.02 Å². The molecule has 0 aliphatic rings. The van der Waals surface area contributed by atoms with Crippen LogP contribution in [-0.2, 0) is 20.8 Å². The molecule has 0 spiro atoms. The Kier molecular flexibility index (Phi) is 7.17. The molecule has 0 bridgehead atoms. The second-order valence-corrected chi connectivity index (χ2v) is 6.10. The third-order valence-electron chi connectivity index (χ3n) is 3.56. The number of anilines is 1. The molecule has 0 aliphatic heterocycles. The van der Waals surface area contributed by atoms with Gasteiger partial charge in [0.05, 0.1) is 13.0 Å². The lowest BCUT2D eigenvalue weighted by molar-refractivity contribution is -0.129. The number of amides is 3. The van der Waals surface area contributed by atoms with Crippen LogP contribution in [0.5, 0.6) is 0 Å². The summed E-state index contributed by atoms with van der Waals surface area (Å²) in [6, 6.07) is 15.2. The summed E-state index contributed by atoms with van der Waals surface area (Å²) in [5.41, 5.74) is 1.33. The van der Waals surface area contributed by atoms with Gasteiger partial charge in [0, 0.05) is 10.7 Å². The Bertz CT molecular complexity index is 781. The molecule has 2 aromatic rings. The summed E-state index contributed by atoms with van der Waals surface area (Å²) in [5.74, 6) is -1.12. The van der Waals surface area contributed by atoms with E-state index in [1.807, 2.05) is 6.07 Å². The first kappa shape index (κ1) is 19.5. The van der Waals surface area contributed by atoms with Crippen molar-refractivity contribution in [2.75, 3.05) is 11.9 Å². The molecule has 1 atom stereocenters. The van der Waals surface area contributed by atoms with Crippen LogP contribution in [0, 0.1) is 0 Å². The van der Waals surface area contributed by atoms with E-state index in [9.17, 15) is 14.4 Å². The highest BCUT2D eigenvalue weighted by atomic mass is 35.5. The molecule has 2 aromatic carbocycles. The molecule has 0 saturated heterocycles. The molecule has 3 N–H and O–H groups in total. The number of halogens is 1. The Morgan fingerprint density at radius 1 is 0.962 bits per heavy atom. The molecule has 0 unspecified atom stereocenters. The summed E-state index contributed by atoms with van der Waals surface area (Å²) >= 11 is 6.01. The van der Waals surface area contributed by atoms with E-state index in [0.717, 1.165) is 0 Å². The Balaban J connectivity index is 1.75. The van der Waals surface area contributed by atoms with Crippen molar-refractivity contribution in [3.05, 3.63) is 65.2 Å². The molecule has 3 amide bonds. The predicted molar refractivity (Wildman–Crippen MR) is 101 cm³/mol. The maximum absolute atomic E-state index is 12.0. The van der Waals surface area contributed by atoms with Gasteiger partial charge < -0.3 is 16.0 Å². The maximum atomic E-state index is 12.0. The molecule has 6 nitrogen and oxygen atoms in total. The first-order chi connectivity index (χ1) is 12.5. The zero-order chi connectivity index (χ0) is 18.9. The smallest absolute Gasteiger partial charge is 0.243 e. The van der Waals surface area contributed by atoms with Crippen LogP contribution < -0.4 is 16.0 Å². The second kappa shape index (κ2) is 9.58. The molecule has 7 heteroatoms. The van der Waals surface area contributed by atoms with Gasteiger partial charge in [-0.15, -0.1) is 0 Å². The average molecular weight is 374 g/mol. The van der Waals surface area contributed by atoms with E-state index in [-0.39, 0.29) is 24.8 Å². The van der Waals surface area contributed by atoms with Crippen LogP contribution >= 0.6 is 11.6 Å². The highest BCUT2D eigenvalue weighted by Crippen LogP contribution is 2.15. The van der Waals surface area contributed by atoms with E-state index in [2.05, 4.69) is 16.0 Å². The number of hydrogen-bond donors (Lipinski definition) is 3. The zero-order valence-electron chi connectivity index (χ0n) is 14.3. The summed E-state index contributed by atoms with van der Waals surface area (Å²) in [5, 5.41) is 8.24. The van der Waals surface area contributed by atoms with Crippen molar-refractivity contribution < 1.29 is 14.4 Å². The minimum atomic E-state index is -0.769. The van der Waals surface area contributed by atoms with E-state index < -0.39 is 11.9 Å². The molecule has 26 heavy (non-hydrogen) atoms. The fourth-order valence-electron chi connectivity index (χ4n) is 2.22. The van der Waals surface area contributed by atoms with E-state index in [1.165, 1.54) is 0 Å². The summed E-state index contributed by atoms with van der Waals surface area (Å²) < 4.78 is 0. The van der Waals surface area contributed by atoms with Crippen LogP contribution in [-0.4, -0.2) is 30.3 Å². The normalized spacial score (nSPS) is 11.3. The molecular weight excluding hydrogens is 354 g/mol. The lowest BCUT2D eigenvalue weighted by Gasteiger charge is -2.14. The molecule has 0 aromatic heterocycles. The number of rotatable bonds is 7. The van der Waals surface area contributed by atoms with Crippen molar-refractivity contribution in [2.24, 2.45) is 0 Å². The van der Waals surface area contributed by atoms with Crippen LogP contribution in [0.4, 0.5) is 5.69 Å². The number of benzene rings is 2. The highest BCUT2D eigenvalue weighted by Gasteiger charge is 2.17. The average Bonchev–Trinajstić information content (AvgIpc) is 2.62. The summed E-state index contributed by atoms with van der Waals surface area (Å²) in [7, 11) is 0. The van der Waals surface area contributed by atoms with E-state index in [4.69, 9.17) is 11.6 Å². The topological polar surface area (TPSA) is 87.3 Å². The second-order valence-electron chi connectivity index (χ2n) is 5.69. The van der Waals surface area contributed by atoms with Gasteiger partial charge in [-0.05, 0) is 30.7 Å². The Morgan fingerprint density at radius 2 is 1.62 bits per heavy atom. The first-order valence-electron chi connectivity index (χ1n) is 8.11. The highest BCUT2D eigenvalue weighted by molar-refractivity contribution is 6.31. The molecule has 136 valence electrons. The van der Waals surface area contributed by atoms with E-state index >= 15 is 0 Å². The summed E-state index contributed by atoms with van der Waals surface area (Å²) in [4.78, 5) is 35.9. The van der Waals surface area contributed by atoms with Gasteiger partial charge in [0.25, 0.3) is 0 Å². The molecule has 2 rings (SSSR count). The van der Waals surface area contributed by atoms with Crippen molar-refractivity contribution >= 4 is 35.0 Å². The quantitative estimate of drug-likeness (QED) is 0.694. The van der Waals surface area contributed by atoms with Gasteiger partial charge in [0.1, 0.15) is 6.04 Å². The van der Waals surface area contributed by atoms with Gasteiger partial charge in [-0.25, -0.2) is 0 Å². The predicted octanol–water partition coefficient (Wildman–Crippen LogP) is 2.14. The molecule has 0 heterocycles. The Morgan fingerprint density at radius 3 is 2.31 bits per heavy atom. The molecule has 0 radical (unpaired) electrons. The van der Waals surface area contributed by atoms with Crippen molar-refractivity contribution in [1.29, 1.82) is 0 Å². The monoisotopic (exact) mass is 373 g/mol. The van der Waals surface area contributed by atoms with Crippen molar-refractivity contribution in [2.45, 2.75) is 19.4 Å². The largest absolute Gasteiger partial charge is 0.345 e.